The van der Waals surface area contributed by atoms with Crippen molar-refractivity contribution >= 4 is 11.6 Å². The maximum atomic E-state index is 5.82. The lowest BCUT2D eigenvalue weighted by Gasteiger charge is -2.18. The van der Waals surface area contributed by atoms with E-state index < -0.39 is 0 Å². The molecule has 0 saturated carbocycles. The van der Waals surface area contributed by atoms with Crippen LogP contribution in [0.4, 0.5) is 0 Å². The highest BCUT2D eigenvalue weighted by Crippen LogP contribution is 1.97. The first-order valence-electron chi connectivity index (χ1n) is 5.27. The van der Waals surface area contributed by atoms with E-state index in [1.54, 1.807) is 0 Å². The van der Waals surface area contributed by atoms with E-state index in [2.05, 4.69) is 24.1 Å². The Morgan fingerprint density at radius 1 is 1.23 bits per heavy atom. The number of nitrogens with zero attached hydrogens (tertiary/aromatic N) is 1. The summed E-state index contributed by atoms with van der Waals surface area (Å²) in [5, 5.41) is 3.68. The summed E-state index contributed by atoms with van der Waals surface area (Å²) in [6.07, 6.45) is 1.06. The van der Waals surface area contributed by atoms with Crippen molar-refractivity contribution in [2.75, 3.05) is 32.7 Å². The van der Waals surface area contributed by atoms with Crippen LogP contribution >= 0.6 is 11.6 Å². The quantitative estimate of drug-likeness (QED) is 0.483. The van der Waals surface area contributed by atoms with Gasteiger partial charge in [-0.15, -0.1) is 11.6 Å². The lowest BCUT2D eigenvalue weighted by atomic mass is 10.3. The van der Waals surface area contributed by atoms with Crippen LogP contribution < -0.4 is 5.32 Å². The lowest BCUT2D eigenvalue weighted by Crippen LogP contribution is -2.32. The maximum absolute atomic E-state index is 5.82. The summed E-state index contributed by atoms with van der Waals surface area (Å²) in [6, 6.07) is 0. The summed E-state index contributed by atoms with van der Waals surface area (Å²) in [5.74, 6) is 0. The fourth-order valence-electron chi connectivity index (χ4n) is 1.20. The zero-order valence-corrected chi connectivity index (χ0v) is 9.90. The normalized spacial score (nSPS) is 13.6. The number of nitrogens with one attached hydrogen (secondary N) is 1. The average molecular weight is 207 g/mol. The van der Waals surface area contributed by atoms with E-state index in [9.17, 15) is 0 Å². The molecule has 1 unspecified atom stereocenters. The molecule has 0 radical (unpaired) electrons. The second-order valence-electron chi connectivity index (χ2n) is 3.35. The molecule has 0 spiro atoms. The predicted octanol–water partition coefficient (Wildman–Crippen LogP) is 1.94. The third-order valence-electron chi connectivity index (χ3n) is 2.22. The highest BCUT2D eigenvalue weighted by molar-refractivity contribution is 6.20. The molecule has 0 amide bonds. The molecule has 0 heterocycles. The lowest BCUT2D eigenvalue weighted by molar-refractivity contribution is 0.302. The average Bonchev–Trinajstić information content (AvgIpc) is 2.11. The van der Waals surface area contributed by atoms with Gasteiger partial charge in [-0.3, -0.25) is 0 Å². The Morgan fingerprint density at radius 2 is 1.85 bits per heavy atom. The molecule has 0 rings (SSSR count). The molecule has 2 nitrogen and oxygen atoms in total. The highest BCUT2D eigenvalue weighted by atomic mass is 35.5. The van der Waals surface area contributed by atoms with Gasteiger partial charge >= 0.3 is 0 Å². The van der Waals surface area contributed by atoms with Crippen LogP contribution in [-0.4, -0.2) is 43.0 Å². The Kier molecular flexibility index (Phi) is 8.93. The van der Waals surface area contributed by atoms with Crippen LogP contribution in [0, 0.1) is 0 Å². The van der Waals surface area contributed by atoms with Gasteiger partial charge in [0.15, 0.2) is 0 Å². The third kappa shape index (κ3) is 8.54. The minimum Gasteiger partial charge on any atom is -0.315 e. The Balaban J connectivity index is 3.14. The Bertz CT molecular complexity index is 103. The van der Waals surface area contributed by atoms with E-state index in [1.165, 1.54) is 0 Å². The summed E-state index contributed by atoms with van der Waals surface area (Å²) in [4.78, 5) is 2.41. The molecule has 1 atom stereocenters. The largest absolute Gasteiger partial charge is 0.315 e. The SMILES string of the molecule is CCN(CC)CCNCCC(C)Cl. The maximum Gasteiger partial charge on any atom is 0.0319 e. The van der Waals surface area contributed by atoms with Crippen molar-refractivity contribution in [1.29, 1.82) is 0 Å². The van der Waals surface area contributed by atoms with E-state index >= 15 is 0 Å². The molecular formula is C10H23ClN2. The van der Waals surface area contributed by atoms with Gasteiger partial charge in [0.25, 0.3) is 0 Å². The Morgan fingerprint density at radius 3 is 2.31 bits per heavy atom. The molecule has 0 bridgehead atoms. The Labute approximate surface area is 87.6 Å². The van der Waals surface area contributed by atoms with Crippen molar-refractivity contribution in [2.45, 2.75) is 32.6 Å². The fourth-order valence-corrected chi connectivity index (χ4v) is 1.31. The predicted molar refractivity (Wildman–Crippen MR) is 60.6 cm³/mol. The molecule has 0 aromatic carbocycles. The van der Waals surface area contributed by atoms with Gasteiger partial charge < -0.3 is 10.2 Å². The van der Waals surface area contributed by atoms with Crippen molar-refractivity contribution in [1.82, 2.24) is 10.2 Å². The van der Waals surface area contributed by atoms with Gasteiger partial charge in [0.05, 0.1) is 0 Å². The second kappa shape index (κ2) is 8.79. The summed E-state index contributed by atoms with van der Waals surface area (Å²) < 4.78 is 0. The van der Waals surface area contributed by atoms with E-state index in [4.69, 9.17) is 11.6 Å². The number of likely N-dealkylation sites (N-methyl/N-ethyl adjacent to an activating group) is 1. The topological polar surface area (TPSA) is 15.3 Å². The second-order valence-corrected chi connectivity index (χ2v) is 4.09. The number of alkyl halides is 1. The van der Waals surface area contributed by atoms with Crippen molar-refractivity contribution in [2.24, 2.45) is 0 Å². The van der Waals surface area contributed by atoms with Crippen molar-refractivity contribution in [3.05, 3.63) is 0 Å². The number of hydrogen-bond acceptors (Lipinski definition) is 2. The molecule has 0 aromatic rings. The standard InChI is InChI=1S/C10H23ClN2/c1-4-13(5-2)9-8-12-7-6-10(3)11/h10,12H,4-9H2,1-3H3. The van der Waals surface area contributed by atoms with Gasteiger partial charge in [0.2, 0.25) is 0 Å². The van der Waals surface area contributed by atoms with Crippen LogP contribution in [0.25, 0.3) is 0 Å². The fraction of sp³-hybridized carbons (Fsp3) is 1.00. The molecule has 80 valence electrons. The zero-order chi connectivity index (χ0) is 10.1. The summed E-state index contributed by atoms with van der Waals surface area (Å²) in [5.41, 5.74) is 0. The minimum atomic E-state index is 0.293. The molecule has 0 aliphatic carbocycles. The van der Waals surface area contributed by atoms with Crippen LogP contribution in [-0.2, 0) is 0 Å². The molecule has 13 heavy (non-hydrogen) atoms. The van der Waals surface area contributed by atoms with Crippen LogP contribution in [0.3, 0.4) is 0 Å². The molecule has 0 fully saturated rings. The van der Waals surface area contributed by atoms with Gasteiger partial charge in [-0.2, -0.15) is 0 Å². The summed E-state index contributed by atoms with van der Waals surface area (Å²) >= 11 is 5.82. The molecular weight excluding hydrogens is 184 g/mol. The van der Waals surface area contributed by atoms with Gasteiger partial charge in [-0.05, 0) is 33.0 Å². The van der Waals surface area contributed by atoms with E-state index in [1.807, 2.05) is 6.92 Å². The summed E-state index contributed by atoms with van der Waals surface area (Å²) in [6.45, 7) is 12.0. The van der Waals surface area contributed by atoms with Crippen molar-refractivity contribution in [3.8, 4) is 0 Å². The third-order valence-corrected chi connectivity index (χ3v) is 2.44. The summed E-state index contributed by atoms with van der Waals surface area (Å²) in [7, 11) is 0. The first-order valence-corrected chi connectivity index (χ1v) is 5.71. The number of rotatable bonds is 8. The molecule has 0 aliphatic rings. The number of halogens is 1. The van der Waals surface area contributed by atoms with E-state index in [0.29, 0.717) is 5.38 Å². The first kappa shape index (κ1) is 13.2. The van der Waals surface area contributed by atoms with E-state index in [0.717, 1.165) is 39.1 Å². The van der Waals surface area contributed by atoms with Crippen LogP contribution in [0.5, 0.6) is 0 Å². The monoisotopic (exact) mass is 206 g/mol. The zero-order valence-electron chi connectivity index (χ0n) is 9.15. The van der Waals surface area contributed by atoms with Gasteiger partial charge in [0.1, 0.15) is 0 Å². The van der Waals surface area contributed by atoms with Crippen molar-refractivity contribution in [3.63, 3.8) is 0 Å². The molecule has 0 aliphatic heterocycles. The Hall–Kier alpha value is 0.210. The minimum absolute atomic E-state index is 0.293. The van der Waals surface area contributed by atoms with Gasteiger partial charge in [-0.25, -0.2) is 0 Å². The van der Waals surface area contributed by atoms with Crippen LogP contribution in [0.15, 0.2) is 0 Å². The first-order chi connectivity index (χ1) is 6.20. The highest BCUT2D eigenvalue weighted by Gasteiger charge is 1.98. The van der Waals surface area contributed by atoms with E-state index in [-0.39, 0.29) is 0 Å². The molecule has 0 saturated heterocycles. The molecule has 0 aromatic heterocycles. The van der Waals surface area contributed by atoms with Crippen LogP contribution in [0.1, 0.15) is 27.2 Å². The van der Waals surface area contributed by atoms with Crippen LogP contribution in [0.2, 0.25) is 0 Å². The number of hydrogen-bond donors (Lipinski definition) is 1. The molecule has 1 N–H and O–H groups in total. The van der Waals surface area contributed by atoms with Crippen molar-refractivity contribution < 1.29 is 0 Å². The van der Waals surface area contributed by atoms with Gasteiger partial charge in [-0.1, -0.05) is 13.8 Å². The van der Waals surface area contributed by atoms with Gasteiger partial charge in [0, 0.05) is 18.5 Å². The molecule has 3 heteroatoms. The smallest absolute Gasteiger partial charge is 0.0319 e.